The van der Waals surface area contributed by atoms with E-state index in [0.717, 1.165) is 10.0 Å². The molecule has 0 saturated carbocycles. The molecule has 136 valence electrons. The van der Waals surface area contributed by atoms with E-state index in [9.17, 15) is 14.7 Å². The summed E-state index contributed by atoms with van der Waals surface area (Å²) in [6.45, 7) is 1.70. The molecule has 0 radical (unpaired) electrons. The number of rotatable bonds is 4. The van der Waals surface area contributed by atoms with Gasteiger partial charge in [0.1, 0.15) is 11.5 Å². The number of halogens is 1. The summed E-state index contributed by atoms with van der Waals surface area (Å²) in [6, 6.07) is 11.1. The fourth-order valence-corrected chi connectivity index (χ4v) is 2.63. The van der Waals surface area contributed by atoms with E-state index in [1.165, 1.54) is 24.3 Å². The Hall–Kier alpha value is -2.65. The molecule has 2 aromatic carbocycles. The number of phenolic OH excluding ortho intramolecular Hbond substituents is 1. The van der Waals surface area contributed by atoms with Crippen LogP contribution in [0.1, 0.15) is 15.9 Å². The van der Waals surface area contributed by atoms with Crippen molar-refractivity contribution in [1.29, 1.82) is 0 Å². The topological polar surface area (TPSA) is 99.7 Å². The third-order valence-corrected chi connectivity index (χ3v) is 3.94. The maximum Gasteiger partial charge on any atom is 0.269 e. The van der Waals surface area contributed by atoms with Crippen LogP contribution in [0.5, 0.6) is 11.5 Å². The summed E-state index contributed by atoms with van der Waals surface area (Å²) >= 11 is 8.29. The molecule has 9 heteroatoms. The van der Waals surface area contributed by atoms with Crippen LogP contribution in [-0.4, -0.2) is 28.6 Å². The van der Waals surface area contributed by atoms with Crippen molar-refractivity contribution in [3.63, 3.8) is 0 Å². The molecule has 0 atom stereocenters. The zero-order chi connectivity index (χ0) is 19.1. The second-order valence-corrected chi connectivity index (χ2v) is 6.49. The molecule has 0 aliphatic rings. The number of amides is 2. The first-order valence-corrected chi connectivity index (χ1v) is 8.63. The first kappa shape index (κ1) is 19.7. The Morgan fingerprint density at radius 2 is 1.85 bits per heavy atom. The van der Waals surface area contributed by atoms with Gasteiger partial charge in [0.15, 0.2) is 11.7 Å². The molecule has 0 bridgehead atoms. The van der Waals surface area contributed by atoms with Gasteiger partial charge in [0.2, 0.25) is 0 Å². The fourth-order valence-electron chi connectivity index (χ4n) is 1.86. The minimum absolute atomic E-state index is 0.0532. The first-order valence-electron chi connectivity index (χ1n) is 7.43. The predicted octanol–water partition coefficient (Wildman–Crippen LogP) is 2.18. The third-order valence-electron chi connectivity index (χ3n) is 3.12. The molecular weight excluding hydrogens is 422 g/mol. The number of phenols is 1. The molecular formula is C17H16BrN3O4S. The van der Waals surface area contributed by atoms with Gasteiger partial charge in [-0.25, -0.2) is 0 Å². The van der Waals surface area contributed by atoms with E-state index in [4.69, 9.17) is 17.0 Å². The Labute approximate surface area is 163 Å². The molecule has 7 nitrogen and oxygen atoms in total. The number of carbonyl (C=O) groups is 2. The second-order valence-electron chi connectivity index (χ2n) is 5.23. The lowest BCUT2D eigenvalue weighted by atomic mass is 10.2. The maximum atomic E-state index is 11.9. The molecule has 4 N–H and O–H groups in total. The number of hydrogen-bond acceptors (Lipinski definition) is 5. The van der Waals surface area contributed by atoms with Crippen LogP contribution in [0, 0.1) is 6.92 Å². The largest absolute Gasteiger partial charge is 0.508 e. The van der Waals surface area contributed by atoms with E-state index in [-0.39, 0.29) is 17.5 Å². The SMILES string of the molecule is Cc1ccc(OCC(=O)NC(=S)NNC(=O)c2ccc(O)cc2)c(Br)c1. The van der Waals surface area contributed by atoms with Gasteiger partial charge in [-0.1, -0.05) is 6.07 Å². The number of thiocarbonyl (C=S) groups is 1. The summed E-state index contributed by atoms with van der Waals surface area (Å²) in [4.78, 5) is 23.7. The molecule has 0 fully saturated rings. The number of aryl methyl sites for hydroxylation is 1. The molecule has 0 aromatic heterocycles. The monoisotopic (exact) mass is 437 g/mol. The summed E-state index contributed by atoms with van der Waals surface area (Å²) in [6.07, 6.45) is 0. The first-order chi connectivity index (χ1) is 12.3. The summed E-state index contributed by atoms with van der Waals surface area (Å²) < 4.78 is 6.15. The number of ether oxygens (including phenoxy) is 1. The van der Waals surface area contributed by atoms with Crippen molar-refractivity contribution in [3.05, 3.63) is 58.1 Å². The smallest absolute Gasteiger partial charge is 0.269 e. The lowest BCUT2D eigenvalue weighted by Gasteiger charge is -2.12. The van der Waals surface area contributed by atoms with Crippen LogP contribution in [0.2, 0.25) is 0 Å². The number of carbonyl (C=O) groups excluding carboxylic acids is 2. The minimum Gasteiger partial charge on any atom is -0.508 e. The molecule has 0 aliphatic carbocycles. The van der Waals surface area contributed by atoms with E-state index < -0.39 is 11.8 Å². The Balaban J connectivity index is 1.75. The van der Waals surface area contributed by atoms with Crippen molar-refractivity contribution in [2.24, 2.45) is 0 Å². The number of hydrazine groups is 1. The highest BCUT2D eigenvalue weighted by Gasteiger charge is 2.09. The van der Waals surface area contributed by atoms with Crippen molar-refractivity contribution in [2.45, 2.75) is 6.92 Å². The fraction of sp³-hybridized carbons (Fsp3) is 0.118. The van der Waals surface area contributed by atoms with Gasteiger partial charge in [-0.15, -0.1) is 0 Å². The van der Waals surface area contributed by atoms with E-state index in [1.54, 1.807) is 6.07 Å². The van der Waals surface area contributed by atoms with E-state index in [2.05, 4.69) is 32.1 Å². The zero-order valence-electron chi connectivity index (χ0n) is 13.7. The quantitative estimate of drug-likeness (QED) is 0.432. The van der Waals surface area contributed by atoms with Crippen LogP contribution in [0.3, 0.4) is 0 Å². The highest BCUT2D eigenvalue weighted by Crippen LogP contribution is 2.25. The van der Waals surface area contributed by atoms with Crippen molar-refractivity contribution in [3.8, 4) is 11.5 Å². The number of hydrogen-bond donors (Lipinski definition) is 4. The van der Waals surface area contributed by atoms with Gasteiger partial charge < -0.3 is 9.84 Å². The summed E-state index contributed by atoms with van der Waals surface area (Å²) in [5, 5.41) is 11.5. The molecule has 0 saturated heterocycles. The average molecular weight is 438 g/mol. The lowest BCUT2D eigenvalue weighted by molar-refractivity contribution is -0.121. The highest BCUT2D eigenvalue weighted by molar-refractivity contribution is 9.10. The van der Waals surface area contributed by atoms with Crippen molar-refractivity contribution < 1.29 is 19.4 Å². The van der Waals surface area contributed by atoms with E-state index >= 15 is 0 Å². The Kier molecular flexibility index (Phi) is 6.93. The molecule has 0 aliphatic heterocycles. The lowest BCUT2D eigenvalue weighted by Crippen LogP contribution is -2.49. The molecule has 26 heavy (non-hydrogen) atoms. The van der Waals surface area contributed by atoms with Crippen molar-refractivity contribution in [2.75, 3.05) is 6.61 Å². The van der Waals surface area contributed by atoms with Gasteiger partial charge in [-0.3, -0.25) is 25.8 Å². The van der Waals surface area contributed by atoms with Gasteiger partial charge in [-0.2, -0.15) is 0 Å². The predicted molar refractivity (Wildman–Crippen MR) is 104 cm³/mol. The van der Waals surface area contributed by atoms with Crippen LogP contribution >= 0.6 is 28.1 Å². The standard InChI is InChI=1S/C17H16BrN3O4S/c1-10-2-7-14(13(18)8-10)25-9-15(23)19-17(26)21-20-16(24)11-3-5-12(22)6-4-11/h2-8,22H,9H2,1H3,(H,20,24)(H2,19,21,23,26). The number of nitrogens with one attached hydrogen (secondary N) is 3. The van der Waals surface area contributed by atoms with Gasteiger partial charge in [0.25, 0.3) is 11.8 Å². The van der Waals surface area contributed by atoms with Gasteiger partial charge >= 0.3 is 0 Å². The van der Waals surface area contributed by atoms with Gasteiger partial charge in [0, 0.05) is 5.56 Å². The normalized spacial score (nSPS) is 9.92. The van der Waals surface area contributed by atoms with Crippen LogP contribution < -0.4 is 20.9 Å². The molecule has 0 heterocycles. The second kappa shape index (κ2) is 9.16. The summed E-state index contributed by atoms with van der Waals surface area (Å²) in [7, 11) is 0. The van der Waals surface area contributed by atoms with Crippen molar-refractivity contribution in [1.82, 2.24) is 16.2 Å². The summed E-state index contributed by atoms with van der Waals surface area (Å²) in [5.41, 5.74) is 6.13. The third kappa shape index (κ3) is 6.01. The van der Waals surface area contributed by atoms with Gasteiger partial charge in [-0.05, 0) is 77.0 Å². The van der Waals surface area contributed by atoms with Crippen molar-refractivity contribution >= 4 is 45.1 Å². The zero-order valence-corrected chi connectivity index (χ0v) is 16.1. The van der Waals surface area contributed by atoms with E-state index in [0.29, 0.717) is 11.3 Å². The summed E-state index contributed by atoms with van der Waals surface area (Å²) in [5.74, 6) is -0.363. The van der Waals surface area contributed by atoms with Crippen LogP contribution in [0.15, 0.2) is 46.9 Å². The molecule has 2 rings (SSSR count). The van der Waals surface area contributed by atoms with Crippen LogP contribution in [0.4, 0.5) is 0 Å². The minimum atomic E-state index is -0.478. The van der Waals surface area contributed by atoms with Crippen LogP contribution in [0.25, 0.3) is 0 Å². The van der Waals surface area contributed by atoms with E-state index in [1.807, 2.05) is 19.1 Å². The number of benzene rings is 2. The number of aromatic hydroxyl groups is 1. The Bertz CT molecular complexity index is 827. The molecule has 2 amide bonds. The molecule has 0 unspecified atom stereocenters. The molecule has 0 spiro atoms. The van der Waals surface area contributed by atoms with Crippen LogP contribution in [-0.2, 0) is 4.79 Å². The Morgan fingerprint density at radius 1 is 1.15 bits per heavy atom. The van der Waals surface area contributed by atoms with Gasteiger partial charge in [0.05, 0.1) is 4.47 Å². The molecule has 2 aromatic rings. The average Bonchev–Trinajstić information content (AvgIpc) is 2.59. The Morgan fingerprint density at radius 3 is 2.50 bits per heavy atom. The highest BCUT2D eigenvalue weighted by atomic mass is 79.9. The maximum absolute atomic E-state index is 11.9.